The molecule has 2 aromatic rings. The number of fused-ring (bicyclic) bond motifs is 1. The summed E-state index contributed by atoms with van der Waals surface area (Å²) in [6, 6.07) is 12.6. The molecule has 2 amide bonds. The Morgan fingerprint density at radius 1 is 0.767 bits per heavy atom. The summed E-state index contributed by atoms with van der Waals surface area (Å²) in [5.74, 6) is -1.34. The molecule has 0 atom stereocenters. The van der Waals surface area contributed by atoms with E-state index in [2.05, 4.69) is 5.32 Å². The second kappa shape index (κ2) is 7.58. The number of sulfonamides is 2. The molecule has 0 bridgehead atoms. The topological polar surface area (TPSA) is 121 Å². The van der Waals surface area contributed by atoms with E-state index in [-0.39, 0.29) is 48.0 Å². The van der Waals surface area contributed by atoms with Gasteiger partial charge in [-0.1, -0.05) is 30.3 Å². The molecule has 4 rings (SSSR count). The zero-order chi connectivity index (χ0) is 21.5. The van der Waals surface area contributed by atoms with Crippen LogP contribution in [-0.4, -0.2) is 63.4 Å². The van der Waals surface area contributed by atoms with Gasteiger partial charge < -0.3 is 0 Å². The predicted molar refractivity (Wildman–Crippen MR) is 108 cm³/mol. The number of piperazine rings is 1. The Bertz CT molecular complexity index is 1220. The van der Waals surface area contributed by atoms with Gasteiger partial charge in [0, 0.05) is 26.2 Å². The molecule has 11 heteroatoms. The van der Waals surface area contributed by atoms with Gasteiger partial charge in [0.05, 0.1) is 21.8 Å². The summed E-state index contributed by atoms with van der Waals surface area (Å²) >= 11 is 0. The average molecular weight is 450 g/mol. The van der Waals surface area contributed by atoms with Gasteiger partial charge in [-0.05, 0) is 23.8 Å². The van der Waals surface area contributed by atoms with Crippen molar-refractivity contribution in [3.63, 3.8) is 0 Å². The number of amides is 2. The molecule has 2 heterocycles. The van der Waals surface area contributed by atoms with Gasteiger partial charge in [-0.25, -0.2) is 16.8 Å². The molecule has 0 aliphatic carbocycles. The Morgan fingerprint density at radius 3 is 2.03 bits per heavy atom. The fraction of sp³-hybridized carbons (Fsp3) is 0.263. The lowest BCUT2D eigenvalue weighted by Crippen LogP contribution is -2.50. The highest BCUT2D eigenvalue weighted by molar-refractivity contribution is 7.89. The lowest BCUT2D eigenvalue weighted by Gasteiger charge is -2.33. The van der Waals surface area contributed by atoms with Crippen molar-refractivity contribution >= 4 is 31.9 Å². The van der Waals surface area contributed by atoms with E-state index in [4.69, 9.17) is 0 Å². The molecule has 0 spiro atoms. The zero-order valence-electron chi connectivity index (χ0n) is 15.8. The minimum atomic E-state index is -3.93. The molecule has 1 fully saturated rings. The van der Waals surface area contributed by atoms with Gasteiger partial charge in [-0.15, -0.1) is 0 Å². The minimum absolute atomic E-state index is 0.00142. The Balaban J connectivity index is 1.48. The Kier molecular flexibility index (Phi) is 5.22. The van der Waals surface area contributed by atoms with Gasteiger partial charge in [0.2, 0.25) is 20.0 Å². The monoisotopic (exact) mass is 449 g/mol. The molecule has 30 heavy (non-hydrogen) atoms. The van der Waals surface area contributed by atoms with Crippen molar-refractivity contribution in [1.29, 1.82) is 0 Å². The van der Waals surface area contributed by atoms with E-state index in [0.717, 1.165) is 0 Å². The summed E-state index contributed by atoms with van der Waals surface area (Å²) in [5, 5.41) is 2.12. The lowest BCUT2D eigenvalue weighted by atomic mass is 10.1. The van der Waals surface area contributed by atoms with Crippen LogP contribution < -0.4 is 5.32 Å². The number of hydrogen-bond donors (Lipinski definition) is 1. The van der Waals surface area contributed by atoms with Crippen LogP contribution in [-0.2, 0) is 25.8 Å². The maximum atomic E-state index is 13.0. The van der Waals surface area contributed by atoms with E-state index in [1.54, 1.807) is 30.3 Å². The van der Waals surface area contributed by atoms with Gasteiger partial charge in [0.25, 0.3) is 11.8 Å². The highest BCUT2D eigenvalue weighted by Crippen LogP contribution is 2.24. The first-order chi connectivity index (χ1) is 14.2. The van der Waals surface area contributed by atoms with E-state index in [9.17, 15) is 26.4 Å². The molecule has 0 radical (unpaired) electrons. The maximum Gasteiger partial charge on any atom is 0.258 e. The molecule has 0 aromatic heterocycles. The van der Waals surface area contributed by atoms with Crippen LogP contribution in [0.4, 0.5) is 0 Å². The van der Waals surface area contributed by atoms with Gasteiger partial charge in [0.15, 0.2) is 0 Å². The van der Waals surface area contributed by atoms with Crippen LogP contribution in [0.1, 0.15) is 26.3 Å². The summed E-state index contributed by atoms with van der Waals surface area (Å²) in [6.07, 6.45) is 0. The van der Waals surface area contributed by atoms with Gasteiger partial charge in [0.1, 0.15) is 0 Å². The van der Waals surface area contributed by atoms with Crippen molar-refractivity contribution in [2.24, 2.45) is 0 Å². The van der Waals surface area contributed by atoms with Crippen LogP contribution in [0.2, 0.25) is 0 Å². The first-order valence-electron chi connectivity index (χ1n) is 9.20. The fourth-order valence-electron chi connectivity index (χ4n) is 3.52. The third-order valence-corrected chi connectivity index (χ3v) is 8.87. The molecule has 2 aliphatic heterocycles. The molecule has 1 N–H and O–H groups in total. The standard InChI is InChI=1S/C19H19N3O6S2/c23-18-16-7-6-15(12-17(16)19(24)20-18)30(27,28)22-10-8-21(9-11-22)29(25,26)13-14-4-2-1-3-5-14/h1-7,12H,8-11,13H2,(H,20,23,24). The van der Waals surface area contributed by atoms with Gasteiger partial charge in [-0.2, -0.15) is 8.61 Å². The number of rotatable bonds is 5. The summed E-state index contributed by atoms with van der Waals surface area (Å²) in [7, 11) is -7.50. The molecule has 2 aromatic carbocycles. The van der Waals surface area contributed by atoms with Crippen LogP contribution in [0.5, 0.6) is 0 Å². The summed E-state index contributed by atoms with van der Waals surface area (Å²) in [4.78, 5) is 23.4. The average Bonchev–Trinajstić information content (AvgIpc) is 3.02. The van der Waals surface area contributed by atoms with E-state index < -0.39 is 31.9 Å². The zero-order valence-corrected chi connectivity index (χ0v) is 17.4. The third kappa shape index (κ3) is 3.76. The van der Waals surface area contributed by atoms with Gasteiger partial charge >= 0.3 is 0 Å². The first kappa shape index (κ1) is 20.7. The summed E-state index contributed by atoms with van der Waals surface area (Å²) in [6.45, 7) is 0.0771. The predicted octanol–water partition coefficient (Wildman–Crippen LogP) is 0.407. The minimum Gasteiger partial charge on any atom is -0.288 e. The second-order valence-electron chi connectivity index (χ2n) is 7.04. The highest BCUT2D eigenvalue weighted by Gasteiger charge is 2.35. The Labute approximate surface area is 174 Å². The number of imide groups is 1. The normalized spacial score (nSPS) is 18.3. The highest BCUT2D eigenvalue weighted by atomic mass is 32.2. The fourth-order valence-corrected chi connectivity index (χ4v) is 6.49. The summed E-state index contributed by atoms with van der Waals surface area (Å²) in [5.41, 5.74) is 0.819. The van der Waals surface area contributed by atoms with Crippen LogP contribution in [0.25, 0.3) is 0 Å². The van der Waals surface area contributed by atoms with Crippen molar-refractivity contribution in [2.45, 2.75) is 10.6 Å². The quantitative estimate of drug-likeness (QED) is 0.660. The molecule has 1 saturated heterocycles. The SMILES string of the molecule is O=C1NC(=O)c2cc(S(=O)(=O)N3CCN(S(=O)(=O)Cc4ccccc4)CC3)ccc21. The largest absolute Gasteiger partial charge is 0.288 e. The van der Waals surface area contributed by atoms with Crippen molar-refractivity contribution < 1.29 is 26.4 Å². The van der Waals surface area contributed by atoms with Crippen molar-refractivity contribution in [2.75, 3.05) is 26.2 Å². The Morgan fingerprint density at radius 2 is 1.37 bits per heavy atom. The molecule has 0 unspecified atom stereocenters. The van der Waals surface area contributed by atoms with E-state index >= 15 is 0 Å². The lowest BCUT2D eigenvalue weighted by molar-refractivity contribution is 0.0879. The molecule has 9 nitrogen and oxygen atoms in total. The number of benzene rings is 2. The number of nitrogens with zero attached hydrogens (tertiary/aromatic N) is 2. The van der Waals surface area contributed by atoms with Crippen LogP contribution in [0.3, 0.4) is 0 Å². The molecular weight excluding hydrogens is 430 g/mol. The van der Waals surface area contributed by atoms with Crippen LogP contribution in [0.15, 0.2) is 53.4 Å². The molecule has 0 saturated carbocycles. The number of hydrogen-bond acceptors (Lipinski definition) is 6. The van der Waals surface area contributed by atoms with Crippen LogP contribution >= 0.6 is 0 Å². The second-order valence-corrected chi connectivity index (χ2v) is 10.9. The Hall–Kier alpha value is -2.60. The number of nitrogens with one attached hydrogen (secondary N) is 1. The molecule has 2 aliphatic rings. The van der Waals surface area contributed by atoms with E-state index in [1.165, 1.54) is 26.8 Å². The number of carbonyl (C=O) groups is 2. The smallest absolute Gasteiger partial charge is 0.258 e. The van der Waals surface area contributed by atoms with Crippen molar-refractivity contribution in [3.8, 4) is 0 Å². The first-order valence-corrected chi connectivity index (χ1v) is 12.2. The van der Waals surface area contributed by atoms with Crippen molar-refractivity contribution in [3.05, 3.63) is 65.2 Å². The van der Waals surface area contributed by atoms with Crippen LogP contribution in [0, 0.1) is 0 Å². The van der Waals surface area contributed by atoms with Crippen molar-refractivity contribution in [1.82, 2.24) is 13.9 Å². The molecule has 158 valence electrons. The third-order valence-electron chi connectivity index (χ3n) is 5.13. The number of carbonyl (C=O) groups excluding carboxylic acids is 2. The summed E-state index contributed by atoms with van der Waals surface area (Å²) < 4.78 is 53.7. The molecular formula is C19H19N3O6S2. The van der Waals surface area contributed by atoms with Gasteiger partial charge in [-0.3, -0.25) is 14.9 Å². The van der Waals surface area contributed by atoms with E-state index in [1.807, 2.05) is 0 Å². The van der Waals surface area contributed by atoms with E-state index in [0.29, 0.717) is 5.56 Å². The maximum absolute atomic E-state index is 13.0.